The zero-order chi connectivity index (χ0) is 9.78. The maximum Gasteiger partial charge on any atom is 0.0546 e. The largest absolute Gasteiger partial charge is 0.382 e. The van der Waals surface area contributed by atoms with Crippen LogP contribution in [0.15, 0.2) is 0 Å². The topological polar surface area (TPSA) is 9.23 Å². The predicted octanol–water partition coefficient (Wildman–Crippen LogP) is 3.31. The summed E-state index contributed by atoms with van der Waals surface area (Å²) in [6.45, 7) is 8.76. The van der Waals surface area contributed by atoms with Crippen molar-refractivity contribution in [3.05, 3.63) is 0 Å². The molecule has 0 aliphatic heterocycles. The van der Waals surface area contributed by atoms with E-state index in [1.807, 2.05) is 0 Å². The van der Waals surface area contributed by atoms with E-state index in [1.165, 1.54) is 0 Å². The molecule has 0 aromatic heterocycles. The Morgan fingerprint density at radius 3 is 2.08 bits per heavy atom. The number of halogens is 1. The lowest BCUT2D eigenvalue weighted by Gasteiger charge is -2.30. The summed E-state index contributed by atoms with van der Waals surface area (Å²) in [6.07, 6.45) is 1.36. The molecule has 0 radical (unpaired) electrons. The first-order chi connectivity index (χ1) is 5.41. The molecule has 0 aliphatic carbocycles. The maximum absolute atomic E-state index is 5.90. The van der Waals surface area contributed by atoms with Crippen LogP contribution < -0.4 is 0 Å². The summed E-state index contributed by atoms with van der Waals surface area (Å²) in [5, 5.41) is 0. The van der Waals surface area contributed by atoms with Gasteiger partial charge in [0.1, 0.15) is 0 Å². The predicted molar refractivity (Wildman–Crippen MR) is 54.8 cm³/mol. The lowest BCUT2D eigenvalue weighted by molar-refractivity contribution is 0.0764. The number of hydrogen-bond acceptors (Lipinski definition) is 1. The monoisotopic (exact) mass is 192 g/mol. The molecule has 12 heavy (non-hydrogen) atoms. The third kappa shape index (κ3) is 4.32. The third-order valence-corrected chi connectivity index (χ3v) is 2.80. The second-order valence-corrected chi connectivity index (χ2v) is 4.81. The van der Waals surface area contributed by atoms with Crippen LogP contribution in [-0.2, 0) is 4.74 Å². The Morgan fingerprint density at radius 2 is 1.83 bits per heavy atom. The number of alkyl halides is 1. The van der Waals surface area contributed by atoms with Crippen LogP contribution >= 0.6 is 11.6 Å². The van der Waals surface area contributed by atoms with Crippen LogP contribution in [0.4, 0.5) is 0 Å². The zero-order valence-electron chi connectivity index (χ0n) is 8.86. The third-order valence-electron chi connectivity index (χ3n) is 2.43. The summed E-state index contributed by atoms with van der Waals surface area (Å²) < 4.78 is 5.22. The van der Waals surface area contributed by atoms with Crippen molar-refractivity contribution >= 4 is 11.6 Å². The van der Waals surface area contributed by atoms with Gasteiger partial charge in [0.05, 0.1) is 6.10 Å². The standard InChI is InChI=1S/C10H21ClO/c1-8(12-5)6-9(7-11)10(2,3)4/h8-9H,6-7H2,1-5H3. The Bertz CT molecular complexity index is 117. The van der Waals surface area contributed by atoms with Crippen molar-refractivity contribution in [2.45, 2.75) is 40.2 Å². The summed E-state index contributed by atoms with van der Waals surface area (Å²) in [5.41, 5.74) is 0.286. The Balaban J connectivity index is 4.00. The molecule has 0 spiro atoms. The molecule has 0 heterocycles. The van der Waals surface area contributed by atoms with E-state index in [-0.39, 0.29) is 5.41 Å². The van der Waals surface area contributed by atoms with Gasteiger partial charge in [0.15, 0.2) is 0 Å². The van der Waals surface area contributed by atoms with Gasteiger partial charge in [0.25, 0.3) is 0 Å². The maximum atomic E-state index is 5.90. The Kier molecular flexibility index (Phi) is 5.19. The second-order valence-electron chi connectivity index (χ2n) is 4.50. The molecular weight excluding hydrogens is 172 g/mol. The number of ether oxygens (including phenoxy) is 1. The van der Waals surface area contributed by atoms with E-state index in [2.05, 4.69) is 27.7 Å². The van der Waals surface area contributed by atoms with E-state index < -0.39 is 0 Å². The first-order valence-corrected chi connectivity index (χ1v) is 5.04. The van der Waals surface area contributed by atoms with Crippen LogP contribution in [0.2, 0.25) is 0 Å². The Hall–Kier alpha value is 0.250. The average molecular weight is 193 g/mol. The van der Waals surface area contributed by atoms with E-state index in [0.29, 0.717) is 12.0 Å². The van der Waals surface area contributed by atoms with Gasteiger partial charge in [0.2, 0.25) is 0 Å². The van der Waals surface area contributed by atoms with Crippen molar-refractivity contribution in [3.8, 4) is 0 Å². The minimum atomic E-state index is 0.286. The van der Waals surface area contributed by atoms with Crippen LogP contribution in [0.5, 0.6) is 0 Å². The van der Waals surface area contributed by atoms with E-state index in [1.54, 1.807) is 7.11 Å². The van der Waals surface area contributed by atoms with Crippen molar-refractivity contribution in [1.29, 1.82) is 0 Å². The normalized spacial score (nSPS) is 17.5. The number of methoxy groups -OCH3 is 1. The van der Waals surface area contributed by atoms with Crippen LogP contribution in [0.25, 0.3) is 0 Å². The average Bonchev–Trinajstić information content (AvgIpc) is 1.97. The van der Waals surface area contributed by atoms with E-state index in [9.17, 15) is 0 Å². The molecule has 1 nitrogen and oxygen atoms in total. The first kappa shape index (κ1) is 12.2. The van der Waals surface area contributed by atoms with Gasteiger partial charge >= 0.3 is 0 Å². The molecule has 0 aromatic carbocycles. The van der Waals surface area contributed by atoms with Crippen LogP contribution in [0.1, 0.15) is 34.1 Å². The molecule has 0 rings (SSSR count). The van der Waals surface area contributed by atoms with Crippen molar-refractivity contribution in [1.82, 2.24) is 0 Å². The molecular formula is C10H21ClO. The molecule has 0 N–H and O–H groups in total. The number of rotatable bonds is 4. The molecule has 74 valence electrons. The molecule has 0 bridgehead atoms. The Labute approximate surface area is 81.4 Å². The fourth-order valence-electron chi connectivity index (χ4n) is 1.14. The van der Waals surface area contributed by atoms with Gasteiger partial charge in [-0.2, -0.15) is 0 Å². The van der Waals surface area contributed by atoms with Crippen molar-refractivity contribution in [3.63, 3.8) is 0 Å². The van der Waals surface area contributed by atoms with Crippen LogP contribution in [-0.4, -0.2) is 19.1 Å². The van der Waals surface area contributed by atoms with E-state index >= 15 is 0 Å². The fraction of sp³-hybridized carbons (Fsp3) is 1.00. The molecule has 0 saturated heterocycles. The quantitative estimate of drug-likeness (QED) is 0.621. The summed E-state index contributed by atoms with van der Waals surface area (Å²) in [7, 11) is 1.75. The van der Waals surface area contributed by atoms with Gasteiger partial charge in [-0.25, -0.2) is 0 Å². The second kappa shape index (κ2) is 5.08. The zero-order valence-corrected chi connectivity index (χ0v) is 9.61. The molecule has 2 unspecified atom stereocenters. The highest BCUT2D eigenvalue weighted by molar-refractivity contribution is 6.18. The van der Waals surface area contributed by atoms with Gasteiger partial charge in [-0.05, 0) is 24.7 Å². The minimum Gasteiger partial charge on any atom is -0.382 e. The fourth-order valence-corrected chi connectivity index (χ4v) is 1.73. The van der Waals surface area contributed by atoms with Gasteiger partial charge < -0.3 is 4.74 Å². The van der Waals surface area contributed by atoms with Gasteiger partial charge in [0, 0.05) is 13.0 Å². The lowest BCUT2D eigenvalue weighted by atomic mass is 9.79. The molecule has 0 aromatic rings. The molecule has 0 aliphatic rings. The van der Waals surface area contributed by atoms with Gasteiger partial charge in [-0.1, -0.05) is 20.8 Å². The highest BCUT2D eigenvalue weighted by Crippen LogP contribution is 2.31. The summed E-state index contributed by atoms with van der Waals surface area (Å²) in [6, 6.07) is 0. The van der Waals surface area contributed by atoms with Gasteiger partial charge in [-0.3, -0.25) is 0 Å². The highest BCUT2D eigenvalue weighted by Gasteiger charge is 2.25. The minimum absolute atomic E-state index is 0.286. The van der Waals surface area contributed by atoms with Crippen molar-refractivity contribution < 1.29 is 4.74 Å². The lowest BCUT2D eigenvalue weighted by Crippen LogP contribution is -2.26. The van der Waals surface area contributed by atoms with E-state index in [4.69, 9.17) is 16.3 Å². The first-order valence-electron chi connectivity index (χ1n) is 4.50. The van der Waals surface area contributed by atoms with E-state index in [0.717, 1.165) is 12.3 Å². The van der Waals surface area contributed by atoms with Crippen molar-refractivity contribution in [2.75, 3.05) is 13.0 Å². The van der Waals surface area contributed by atoms with Crippen LogP contribution in [0, 0.1) is 11.3 Å². The smallest absolute Gasteiger partial charge is 0.0546 e. The SMILES string of the molecule is COC(C)CC(CCl)C(C)(C)C. The number of hydrogen-bond donors (Lipinski definition) is 0. The van der Waals surface area contributed by atoms with Gasteiger partial charge in [-0.15, -0.1) is 11.6 Å². The summed E-state index contributed by atoms with van der Waals surface area (Å²) in [4.78, 5) is 0. The molecule has 2 heteroatoms. The molecule has 0 fully saturated rings. The molecule has 2 atom stereocenters. The van der Waals surface area contributed by atoms with Crippen LogP contribution in [0.3, 0.4) is 0 Å². The van der Waals surface area contributed by atoms with Crippen molar-refractivity contribution in [2.24, 2.45) is 11.3 Å². The summed E-state index contributed by atoms with van der Waals surface area (Å²) in [5.74, 6) is 1.26. The summed E-state index contributed by atoms with van der Waals surface area (Å²) >= 11 is 5.90. The molecule has 0 amide bonds. The highest BCUT2D eigenvalue weighted by atomic mass is 35.5. The Morgan fingerprint density at radius 1 is 1.33 bits per heavy atom. The molecule has 0 saturated carbocycles.